The van der Waals surface area contributed by atoms with Crippen LogP contribution in [0.25, 0.3) is 10.9 Å². The molecular weight excluding hydrogens is 252 g/mol. The molecule has 0 aliphatic heterocycles. The van der Waals surface area contributed by atoms with Crippen LogP contribution in [0, 0.1) is 0 Å². The van der Waals surface area contributed by atoms with Crippen molar-refractivity contribution in [2.75, 3.05) is 13.2 Å². The number of nitrogens with one attached hydrogen (secondary N) is 1. The molecule has 0 saturated heterocycles. The molecule has 0 unspecified atom stereocenters. The van der Waals surface area contributed by atoms with Crippen molar-refractivity contribution >= 4 is 16.8 Å². The first-order valence-electron chi connectivity index (χ1n) is 7.05. The summed E-state index contributed by atoms with van der Waals surface area (Å²) in [6.45, 7) is 0.923. The molecule has 0 radical (unpaired) electrons. The number of nitrogens with zero attached hydrogens (tertiary/aromatic N) is 1. The van der Waals surface area contributed by atoms with Crippen molar-refractivity contribution in [1.82, 2.24) is 10.3 Å². The molecule has 2 rings (SSSR count). The van der Waals surface area contributed by atoms with Crippen LogP contribution in [0.5, 0.6) is 0 Å². The Morgan fingerprint density at radius 2 is 2.00 bits per heavy atom. The normalized spacial score (nSPS) is 10.7. The number of amides is 1. The maximum Gasteiger partial charge on any atom is 0.251 e. The summed E-state index contributed by atoms with van der Waals surface area (Å²) in [5.74, 6) is -0.0436. The van der Waals surface area contributed by atoms with Gasteiger partial charge in [-0.25, -0.2) is 0 Å². The van der Waals surface area contributed by atoms with Crippen LogP contribution in [-0.2, 0) is 0 Å². The van der Waals surface area contributed by atoms with E-state index in [4.69, 9.17) is 5.11 Å². The molecule has 4 nitrogen and oxygen atoms in total. The van der Waals surface area contributed by atoms with E-state index >= 15 is 0 Å². The van der Waals surface area contributed by atoms with Crippen LogP contribution in [0.1, 0.15) is 36.0 Å². The molecule has 0 spiro atoms. The lowest BCUT2D eigenvalue weighted by molar-refractivity contribution is 0.0953. The fourth-order valence-corrected chi connectivity index (χ4v) is 2.11. The first kappa shape index (κ1) is 14.5. The summed E-state index contributed by atoms with van der Waals surface area (Å²) in [5, 5.41) is 12.6. The standard InChI is InChI=1S/C16H20N2O2/c19-11-4-2-1-3-9-18-16(20)14-7-8-15-13(12-14)6-5-10-17-15/h5-8,10,12,19H,1-4,9,11H2,(H,18,20). The van der Waals surface area contributed by atoms with Gasteiger partial charge in [0.1, 0.15) is 0 Å². The van der Waals surface area contributed by atoms with Gasteiger partial charge in [0, 0.05) is 30.3 Å². The topological polar surface area (TPSA) is 62.2 Å². The second-order valence-corrected chi connectivity index (χ2v) is 4.80. The molecule has 2 aromatic rings. The summed E-state index contributed by atoms with van der Waals surface area (Å²) in [6.07, 6.45) is 5.57. The van der Waals surface area contributed by atoms with E-state index in [-0.39, 0.29) is 12.5 Å². The number of carbonyl (C=O) groups is 1. The number of aliphatic hydroxyl groups is 1. The molecule has 0 aliphatic carbocycles. The summed E-state index contributed by atoms with van der Waals surface area (Å²) < 4.78 is 0. The van der Waals surface area contributed by atoms with Crippen molar-refractivity contribution < 1.29 is 9.90 Å². The van der Waals surface area contributed by atoms with Crippen LogP contribution in [0.2, 0.25) is 0 Å². The zero-order valence-corrected chi connectivity index (χ0v) is 11.5. The van der Waals surface area contributed by atoms with Crippen LogP contribution in [-0.4, -0.2) is 29.1 Å². The third-order valence-electron chi connectivity index (χ3n) is 3.24. The van der Waals surface area contributed by atoms with Gasteiger partial charge in [-0.3, -0.25) is 9.78 Å². The number of rotatable bonds is 7. The van der Waals surface area contributed by atoms with Crippen molar-refractivity contribution in [2.45, 2.75) is 25.7 Å². The van der Waals surface area contributed by atoms with Crippen LogP contribution >= 0.6 is 0 Å². The van der Waals surface area contributed by atoms with Gasteiger partial charge in [0.05, 0.1) is 5.52 Å². The minimum Gasteiger partial charge on any atom is -0.396 e. The van der Waals surface area contributed by atoms with Gasteiger partial charge in [-0.15, -0.1) is 0 Å². The lowest BCUT2D eigenvalue weighted by Gasteiger charge is -2.06. The predicted molar refractivity (Wildman–Crippen MR) is 79.6 cm³/mol. The second-order valence-electron chi connectivity index (χ2n) is 4.80. The third-order valence-corrected chi connectivity index (χ3v) is 3.24. The van der Waals surface area contributed by atoms with Gasteiger partial charge in [-0.05, 0) is 37.1 Å². The molecule has 0 bridgehead atoms. The maximum absolute atomic E-state index is 12.0. The second kappa shape index (κ2) is 7.60. The number of fused-ring (bicyclic) bond motifs is 1. The minimum absolute atomic E-state index is 0.0436. The SMILES string of the molecule is O=C(NCCCCCCO)c1ccc2ncccc2c1. The van der Waals surface area contributed by atoms with Gasteiger partial charge < -0.3 is 10.4 Å². The van der Waals surface area contributed by atoms with E-state index < -0.39 is 0 Å². The average molecular weight is 272 g/mol. The fourth-order valence-electron chi connectivity index (χ4n) is 2.11. The van der Waals surface area contributed by atoms with E-state index in [1.807, 2.05) is 24.3 Å². The quantitative estimate of drug-likeness (QED) is 0.761. The summed E-state index contributed by atoms with van der Waals surface area (Å²) in [7, 11) is 0. The number of hydrogen-bond donors (Lipinski definition) is 2. The Morgan fingerprint density at radius 1 is 1.15 bits per heavy atom. The Bertz CT molecular complexity index is 569. The first-order chi connectivity index (χ1) is 9.81. The van der Waals surface area contributed by atoms with E-state index in [0.717, 1.165) is 36.6 Å². The van der Waals surface area contributed by atoms with Crippen molar-refractivity contribution in [3.63, 3.8) is 0 Å². The Morgan fingerprint density at radius 3 is 2.85 bits per heavy atom. The van der Waals surface area contributed by atoms with Gasteiger partial charge in [0.15, 0.2) is 0 Å². The number of aromatic nitrogens is 1. The first-order valence-corrected chi connectivity index (χ1v) is 7.05. The number of unbranched alkanes of at least 4 members (excludes halogenated alkanes) is 3. The van der Waals surface area contributed by atoms with Gasteiger partial charge >= 0.3 is 0 Å². The van der Waals surface area contributed by atoms with E-state index in [9.17, 15) is 4.79 Å². The molecule has 0 saturated carbocycles. The Hall–Kier alpha value is -1.94. The summed E-state index contributed by atoms with van der Waals surface area (Å²) in [5.41, 5.74) is 1.56. The zero-order valence-electron chi connectivity index (χ0n) is 11.5. The monoisotopic (exact) mass is 272 g/mol. The summed E-state index contributed by atoms with van der Waals surface area (Å²) in [6, 6.07) is 9.35. The van der Waals surface area contributed by atoms with Crippen molar-refractivity contribution in [1.29, 1.82) is 0 Å². The fraction of sp³-hybridized carbons (Fsp3) is 0.375. The number of hydrogen-bond acceptors (Lipinski definition) is 3. The highest BCUT2D eigenvalue weighted by Crippen LogP contribution is 2.13. The molecule has 2 N–H and O–H groups in total. The van der Waals surface area contributed by atoms with Gasteiger partial charge in [0.2, 0.25) is 0 Å². The number of aliphatic hydroxyl groups excluding tert-OH is 1. The molecular formula is C16H20N2O2. The Balaban J connectivity index is 1.84. The van der Waals surface area contributed by atoms with Crippen molar-refractivity contribution in [3.8, 4) is 0 Å². The van der Waals surface area contributed by atoms with Crippen molar-refractivity contribution in [2.24, 2.45) is 0 Å². The smallest absolute Gasteiger partial charge is 0.251 e. The number of benzene rings is 1. The highest BCUT2D eigenvalue weighted by atomic mass is 16.2. The highest BCUT2D eigenvalue weighted by molar-refractivity contribution is 5.97. The third kappa shape index (κ3) is 4.03. The molecule has 106 valence electrons. The molecule has 0 fully saturated rings. The van der Waals surface area contributed by atoms with E-state index in [0.29, 0.717) is 12.1 Å². The van der Waals surface area contributed by atoms with E-state index in [2.05, 4.69) is 10.3 Å². The maximum atomic E-state index is 12.0. The Labute approximate surface area is 118 Å². The molecule has 1 amide bonds. The molecule has 1 aromatic heterocycles. The number of carbonyl (C=O) groups excluding carboxylic acids is 1. The van der Waals surface area contributed by atoms with Crippen LogP contribution in [0.3, 0.4) is 0 Å². The minimum atomic E-state index is -0.0436. The van der Waals surface area contributed by atoms with Crippen LogP contribution in [0.4, 0.5) is 0 Å². The van der Waals surface area contributed by atoms with E-state index in [1.54, 1.807) is 12.3 Å². The summed E-state index contributed by atoms with van der Waals surface area (Å²) >= 11 is 0. The van der Waals surface area contributed by atoms with Crippen molar-refractivity contribution in [3.05, 3.63) is 42.1 Å². The molecule has 0 aliphatic rings. The molecule has 1 aromatic carbocycles. The molecule has 1 heterocycles. The van der Waals surface area contributed by atoms with Gasteiger partial charge in [0.25, 0.3) is 5.91 Å². The zero-order chi connectivity index (χ0) is 14.2. The highest BCUT2D eigenvalue weighted by Gasteiger charge is 2.05. The number of pyridine rings is 1. The molecule has 20 heavy (non-hydrogen) atoms. The average Bonchev–Trinajstić information content (AvgIpc) is 2.50. The lowest BCUT2D eigenvalue weighted by atomic mass is 10.1. The van der Waals surface area contributed by atoms with Crippen LogP contribution in [0.15, 0.2) is 36.5 Å². The van der Waals surface area contributed by atoms with Gasteiger partial charge in [-0.1, -0.05) is 18.9 Å². The Kier molecular flexibility index (Phi) is 5.50. The predicted octanol–water partition coefficient (Wildman–Crippen LogP) is 2.52. The largest absolute Gasteiger partial charge is 0.396 e. The molecule has 0 atom stereocenters. The van der Waals surface area contributed by atoms with E-state index in [1.165, 1.54) is 0 Å². The molecule has 4 heteroatoms. The summed E-state index contributed by atoms with van der Waals surface area (Å²) in [4.78, 5) is 16.2. The van der Waals surface area contributed by atoms with Crippen LogP contribution < -0.4 is 5.32 Å². The lowest BCUT2D eigenvalue weighted by Crippen LogP contribution is -2.24. The van der Waals surface area contributed by atoms with Gasteiger partial charge in [-0.2, -0.15) is 0 Å².